The van der Waals surface area contributed by atoms with Gasteiger partial charge in [-0.25, -0.2) is 14.0 Å². The van der Waals surface area contributed by atoms with Crippen molar-refractivity contribution in [2.75, 3.05) is 19.5 Å². The Hall–Kier alpha value is -2.49. The smallest absolute Gasteiger partial charge is 0.354 e. The predicted molar refractivity (Wildman–Crippen MR) is 76.5 cm³/mol. The second-order valence-electron chi connectivity index (χ2n) is 3.74. The molecule has 0 radical (unpaired) electrons. The van der Waals surface area contributed by atoms with E-state index in [1.165, 1.54) is 0 Å². The summed E-state index contributed by atoms with van der Waals surface area (Å²) >= 11 is 2.91. The number of nitro groups is 1. The first-order chi connectivity index (χ1) is 10.3. The van der Waals surface area contributed by atoms with Gasteiger partial charge in [0.05, 0.1) is 41.4 Å². The number of carbonyl (C=O) groups excluding carboxylic acids is 2. The molecule has 0 heterocycles. The van der Waals surface area contributed by atoms with Crippen molar-refractivity contribution in [2.24, 2.45) is 0 Å². The number of ether oxygens (including phenoxy) is 2. The Balaban J connectivity index is 3.22. The molecule has 8 nitrogen and oxygen atoms in total. The molecule has 0 bridgehead atoms. The van der Waals surface area contributed by atoms with Gasteiger partial charge in [-0.1, -0.05) is 0 Å². The summed E-state index contributed by atoms with van der Waals surface area (Å²) in [5, 5.41) is 13.0. The lowest BCUT2D eigenvalue weighted by atomic mass is 10.2. The van der Waals surface area contributed by atoms with E-state index in [2.05, 4.69) is 30.7 Å². The van der Waals surface area contributed by atoms with Gasteiger partial charge in [-0.05, 0) is 22.0 Å². The second kappa shape index (κ2) is 7.50. The molecule has 0 saturated heterocycles. The fraction of sp³-hybridized carbons (Fsp3) is 0.167. The van der Waals surface area contributed by atoms with Crippen LogP contribution in [0.4, 0.5) is 15.8 Å². The lowest BCUT2D eigenvalue weighted by Gasteiger charge is -2.10. The number of rotatable bonds is 5. The van der Waals surface area contributed by atoms with Crippen LogP contribution in [0.1, 0.15) is 0 Å². The molecule has 0 aliphatic rings. The van der Waals surface area contributed by atoms with Gasteiger partial charge in [0.1, 0.15) is 5.70 Å². The zero-order valence-corrected chi connectivity index (χ0v) is 13.0. The topological polar surface area (TPSA) is 108 Å². The van der Waals surface area contributed by atoms with E-state index < -0.39 is 34.1 Å². The van der Waals surface area contributed by atoms with Crippen LogP contribution in [-0.2, 0) is 19.1 Å². The number of halogens is 2. The summed E-state index contributed by atoms with van der Waals surface area (Å²) in [6, 6.07) is 1.72. The first-order valence-corrected chi connectivity index (χ1v) is 6.37. The van der Waals surface area contributed by atoms with Crippen LogP contribution in [0.3, 0.4) is 0 Å². The molecule has 0 unspecified atom stereocenters. The van der Waals surface area contributed by atoms with Gasteiger partial charge in [-0.2, -0.15) is 0 Å². The van der Waals surface area contributed by atoms with Crippen molar-refractivity contribution in [1.29, 1.82) is 0 Å². The maximum Gasteiger partial charge on any atom is 0.354 e. The van der Waals surface area contributed by atoms with Gasteiger partial charge in [-0.15, -0.1) is 0 Å². The highest BCUT2D eigenvalue weighted by molar-refractivity contribution is 9.10. The summed E-state index contributed by atoms with van der Waals surface area (Å²) in [5.41, 5.74) is -1.15. The van der Waals surface area contributed by atoms with Crippen molar-refractivity contribution in [1.82, 2.24) is 0 Å². The van der Waals surface area contributed by atoms with Crippen molar-refractivity contribution in [2.45, 2.75) is 0 Å². The monoisotopic (exact) mass is 376 g/mol. The second-order valence-corrected chi connectivity index (χ2v) is 4.59. The van der Waals surface area contributed by atoms with Gasteiger partial charge in [0.15, 0.2) is 5.82 Å². The van der Waals surface area contributed by atoms with Gasteiger partial charge in [0.2, 0.25) is 0 Å². The number of nitrogens with zero attached hydrogens (tertiary/aromatic N) is 1. The third-order valence-corrected chi connectivity index (χ3v) is 3.01. The van der Waals surface area contributed by atoms with Gasteiger partial charge in [-0.3, -0.25) is 10.1 Å². The van der Waals surface area contributed by atoms with Crippen molar-refractivity contribution in [3.8, 4) is 0 Å². The SMILES string of the molecule is COC(=O)/C=C(/Nc1cc(Br)c([N+](=O)[O-])cc1F)C(=O)OC. The molecule has 0 aromatic heterocycles. The molecule has 118 valence electrons. The number of carbonyl (C=O) groups is 2. The maximum absolute atomic E-state index is 13.9. The van der Waals surface area contributed by atoms with E-state index in [4.69, 9.17) is 0 Å². The number of methoxy groups -OCH3 is 2. The van der Waals surface area contributed by atoms with Gasteiger partial charge < -0.3 is 14.8 Å². The molecule has 1 rings (SSSR count). The number of benzene rings is 1. The van der Waals surface area contributed by atoms with Crippen molar-refractivity contribution < 1.29 is 28.4 Å². The highest BCUT2D eigenvalue weighted by atomic mass is 79.9. The molecule has 0 fully saturated rings. The Kier molecular flexibility index (Phi) is 5.99. The van der Waals surface area contributed by atoms with Crippen LogP contribution >= 0.6 is 15.9 Å². The van der Waals surface area contributed by atoms with Crippen LogP contribution < -0.4 is 5.32 Å². The van der Waals surface area contributed by atoms with Crippen LogP contribution in [0.15, 0.2) is 28.4 Å². The Morgan fingerprint density at radius 3 is 2.50 bits per heavy atom. The fourth-order valence-electron chi connectivity index (χ4n) is 1.35. The fourth-order valence-corrected chi connectivity index (χ4v) is 1.84. The van der Waals surface area contributed by atoms with Gasteiger partial charge >= 0.3 is 11.9 Å². The summed E-state index contributed by atoms with van der Waals surface area (Å²) in [6.07, 6.45) is 0.764. The maximum atomic E-state index is 13.9. The molecule has 1 aromatic rings. The molecule has 0 aliphatic heterocycles. The average molecular weight is 377 g/mol. The highest BCUT2D eigenvalue weighted by Gasteiger charge is 2.20. The largest absolute Gasteiger partial charge is 0.466 e. The first kappa shape index (κ1) is 17.6. The van der Waals surface area contributed by atoms with E-state index in [9.17, 15) is 24.1 Å². The molecule has 1 N–H and O–H groups in total. The quantitative estimate of drug-likeness (QED) is 0.363. The number of hydrogen-bond acceptors (Lipinski definition) is 7. The molecular weight excluding hydrogens is 367 g/mol. The molecule has 0 spiro atoms. The van der Waals surface area contributed by atoms with Crippen LogP contribution in [0.25, 0.3) is 0 Å². The number of hydrogen-bond donors (Lipinski definition) is 1. The third kappa shape index (κ3) is 4.25. The molecule has 22 heavy (non-hydrogen) atoms. The molecular formula is C12H10BrFN2O6. The zero-order chi connectivity index (χ0) is 16.9. The Morgan fingerprint density at radius 2 is 2.00 bits per heavy atom. The van der Waals surface area contributed by atoms with E-state index in [1.807, 2.05) is 0 Å². The Morgan fingerprint density at radius 1 is 1.36 bits per heavy atom. The number of nitro benzene ring substituents is 1. The molecule has 0 aliphatic carbocycles. The Labute approximate surface area is 132 Å². The van der Waals surface area contributed by atoms with Crippen LogP contribution in [0, 0.1) is 15.9 Å². The van der Waals surface area contributed by atoms with E-state index in [1.54, 1.807) is 0 Å². The van der Waals surface area contributed by atoms with E-state index in [0.29, 0.717) is 6.07 Å². The molecule has 0 saturated carbocycles. The highest BCUT2D eigenvalue weighted by Crippen LogP contribution is 2.31. The number of esters is 2. The van der Waals surface area contributed by atoms with Crippen LogP contribution in [0.5, 0.6) is 0 Å². The van der Waals surface area contributed by atoms with E-state index in [0.717, 1.165) is 26.4 Å². The summed E-state index contributed by atoms with van der Waals surface area (Å²) < 4.78 is 22.6. The standard InChI is InChI=1S/C12H10BrFN2O6/c1-21-11(17)5-9(12(18)22-2)15-8-3-6(13)10(16(19)20)4-7(8)14/h3-5,15H,1-2H3/b9-5+. The summed E-state index contributed by atoms with van der Waals surface area (Å²) in [6.45, 7) is 0. The van der Waals surface area contributed by atoms with Gasteiger partial charge in [0, 0.05) is 0 Å². The Bertz CT molecular complexity index is 661. The minimum atomic E-state index is -0.991. The van der Waals surface area contributed by atoms with Crippen LogP contribution in [-0.4, -0.2) is 31.1 Å². The lowest BCUT2D eigenvalue weighted by molar-refractivity contribution is -0.385. The summed E-state index contributed by atoms with van der Waals surface area (Å²) in [4.78, 5) is 32.6. The molecule has 0 atom stereocenters. The summed E-state index contributed by atoms with van der Waals surface area (Å²) in [7, 11) is 2.16. The van der Waals surface area contributed by atoms with Crippen molar-refractivity contribution >= 4 is 39.2 Å². The number of anilines is 1. The average Bonchev–Trinajstić information content (AvgIpc) is 2.48. The lowest BCUT2D eigenvalue weighted by Crippen LogP contribution is -2.16. The van der Waals surface area contributed by atoms with Gasteiger partial charge in [0.25, 0.3) is 5.69 Å². The van der Waals surface area contributed by atoms with E-state index in [-0.39, 0.29) is 10.2 Å². The van der Waals surface area contributed by atoms with E-state index >= 15 is 0 Å². The number of nitrogens with one attached hydrogen (secondary N) is 1. The zero-order valence-electron chi connectivity index (χ0n) is 11.4. The normalized spacial score (nSPS) is 10.8. The minimum absolute atomic E-state index is 0.0105. The summed E-state index contributed by atoms with van der Waals surface area (Å²) in [5.74, 6) is -2.80. The first-order valence-electron chi connectivity index (χ1n) is 5.58. The molecule has 0 amide bonds. The minimum Gasteiger partial charge on any atom is -0.466 e. The molecule has 1 aromatic carbocycles. The van der Waals surface area contributed by atoms with Crippen LogP contribution in [0.2, 0.25) is 0 Å². The van der Waals surface area contributed by atoms with Crippen molar-refractivity contribution in [3.63, 3.8) is 0 Å². The molecule has 10 heteroatoms. The predicted octanol–water partition coefficient (Wildman–Crippen LogP) is 2.14. The third-order valence-electron chi connectivity index (χ3n) is 2.37. The van der Waals surface area contributed by atoms with Crippen molar-refractivity contribution in [3.05, 3.63) is 44.3 Å².